The van der Waals surface area contributed by atoms with Crippen LogP contribution in [0.1, 0.15) is 49.7 Å². The molecule has 0 bridgehead atoms. The molecule has 0 saturated heterocycles. The zero-order valence-corrected chi connectivity index (χ0v) is 17.7. The highest BCUT2D eigenvalue weighted by atomic mass is 16.5. The van der Waals surface area contributed by atoms with Crippen molar-refractivity contribution >= 4 is 35.3 Å². The number of nitrogens with one attached hydrogen (secondary N) is 1. The second-order valence-corrected chi connectivity index (χ2v) is 8.04. The van der Waals surface area contributed by atoms with E-state index >= 15 is 0 Å². The molecule has 0 spiro atoms. The molecule has 2 unspecified atom stereocenters. The number of carbonyl (C=O) groups is 3. The monoisotopic (exact) mass is 450 g/mol. The predicted molar refractivity (Wildman–Crippen MR) is 116 cm³/mol. The van der Waals surface area contributed by atoms with E-state index in [0.717, 1.165) is 36.3 Å². The van der Waals surface area contributed by atoms with Crippen molar-refractivity contribution in [2.75, 3.05) is 6.61 Å². The maximum atomic E-state index is 13.1. The SMILES string of the molecule is O=C1CCC(C(=O)OCC(=O)N2N=C3/C(=C/c4ccco4)CCCC3C2c2ccco2)=NN1. The number of hydrogen-bond donors (Lipinski definition) is 1. The summed E-state index contributed by atoms with van der Waals surface area (Å²) in [5.74, 6) is -0.162. The molecule has 2 aromatic heterocycles. The zero-order valence-electron chi connectivity index (χ0n) is 17.7. The van der Waals surface area contributed by atoms with Gasteiger partial charge in [0.05, 0.1) is 18.2 Å². The first-order valence-electron chi connectivity index (χ1n) is 10.8. The van der Waals surface area contributed by atoms with Crippen LogP contribution in [0, 0.1) is 5.92 Å². The molecule has 10 heteroatoms. The Kier molecular flexibility index (Phi) is 5.64. The summed E-state index contributed by atoms with van der Waals surface area (Å²) in [5, 5.41) is 9.73. The van der Waals surface area contributed by atoms with E-state index in [1.165, 1.54) is 5.01 Å². The lowest BCUT2D eigenvalue weighted by molar-refractivity contribution is -0.148. The van der Waals surface area contributed by atoms with Gasteiger partial charge in [-0.2, -0.15) is 10.2 Å². The summed E-state index contributed by atoms with van der Waals surface area (Å²) < 4.78 is 16.3. The molecule has 10 nitrogen and oxygen atoms in total. The fourth-order valence-corrected chi connectivity index (χ4v) is 4.39. The van der Waals surface area contributed by atoms with Gasteiger partial charge in [0, 0.05) is 18.8 Å². The van der Waals surface area contributed by atoms with Gasteiger partial charge in [0.25, 0.3) is 5.91 Å². The van der Waals surface area contributed by atoms with Crippen LogP contribution in [-0.2, 0) is 19.1 Å². The molecule has 1 fully saturated rings. The summed E-state index contributed by atoms with van der Waals surface area (Å²) in [6.45, 7) is -0.496. The molecule has 2 aromatic rings. The normalized spacial score (nSPS) is 23.6. The predicted octanol–water partition coefficient (Wildman–Crippen LogP) is 2.80. The molecule has 0 aromatic carbocycles. The molecule has 2 aliphatic heterocycles. The minimum Gasteiger partial charge on any atom is -0.467 e. The van der Waals surface area contributed by atoms with Gasteiger partial charge >= 0.3 is 5.97 Å². The molecule has 2 atom stereocenters. The van der Waals surface area contributed by atoms with E-state index in [0.29, 0.717) is 5.76 Å². The maximum Gasteiger partial charge on any atom is 0.355 e. The van der Waals surface area contributed by atoms with Crippen LogP contribution in [0.25, 0.3) is 6.08 Å². The van der Waals surface area contributed by atoms with Gasteiger partial charge in [0.2, 0.25) is 5.91 Å². The van der Waals surface area contributed by atoms with Crippen molar-refractivity contribution in [3.05, 3.63) is 53.9 Å². The maximum absolute atomic E-state index is 13.1. The summed E-state index contributed by atoms with van der Waals surface area (Å²) in [6.07, 6.45) is 8.06. The molecular formula is C23H22N4O6. The molecule has 5 rings (SSSR count). The highest BCUT2D eigenvalue weighted by Gasteiger charge is 2.45. The summed E-state index contributed by atoms with van der Waals surface area (Å²) >= 11 is 0. The minimum absolute atomic E-state index is 0.0382. The van der Waals surface area contributed by atoms with Gasteiger partial charge in [0.15, 0.2) is 6.61 Å². The highest BCUT2D eigenvalue weighted by molar-refractivity contribution is 6.37. The topological polar surface area (TPSA) is 127 Å². The van der Waals surface area contributed by atoms with Crippen molar-refractivity contribution in [3.8, 4) is 0 Å². The number of allylic oxidation sites excluding steroid dienone is 1. The molecule has 170 valence electrons. The van der Waals surface area contributed by atoms with Crippen molar-refractivity contribution in [3.63, 3.8) is 0 Å². The molecule has 1 N–H and O–H groups in total. The molecular weight excluding hydrogens is 428 g/mol. The molecule has 1 aliphatic carbocycles. The Hall–Kier alpha value is -3.95. The van der Waals surface area contributed by atoms with Gasteiger partial charge in [0.1, 0.15) is 23.3 Å². The lowest BCUT2D eigenvalue weighted by atomic mass is 9.79. The number of fused-ring (bicyclic) bond motifs is 1. The van der Waals surface area contributed by atoms with E-state index < -0.39 is 24.5 Å². The minimum atomic E-state index is -0.736. The Morgan fingerprint density at radius 1 is 1.18 bits per heavy atom. The molecule has 4 heterocycles. The van der Waals surface area contributed by atoms with E-state index in [1.54, 1.807) is 18.6 Å². The first kappa shape index (κ1) is 20.9. The van der Waals surface area contributed by atoms with Gasteiger partial charge in [-0.25, -0.2) is 15.2 Å². The average Bonchev–Trinajstić information content (AvgIpc) is 3.58. The quantitative estimate of drug-likeness (QED) is 0.698. The zero-order chi connectivity index (χ0) is 22.8. The second kappa shape index (κ2) is 8.89. The van der Waals surface area contributed by atoms with Crippen molar-refractivity contribution in [1.29, 1.82) is 0 Å². The van der Waals surface area contributed by atoms with Gasteiger partial charge in [-0.15, -0.1) is 0 Å². The molecule has 33 heavy (non-hydrogen) atoms. The summed E-state index contributed by atoms with van der Waals surface area (Å²) in [7, 11) is 0. The van der Waals surface area contributed by atoms with Crippen molar-refractivity contribution in [2.45, 2.75) is 38.1 Å². The number of esters is 1. The van der Waals surface area contributed by atoms with Crippen molar-refractivity contribution < 1.29 is 28.0 Å². The fourth-order valence-electron chi connectivity index (χ4n) is 4.39. The Labute approximate surface area is 188 Å². The van der Waals surface area contributed by atoms with Crippen LogP contribution >= 0.6 is 0 Å². The van der Waals surface area contributed by atoms with Crippen molar-refractivity contribution in [1.82, 2.24) is 10.4 Å². The number of furan rings is 2. The molecule has 3 aliphatic rings. The number of nitrogens with zero attached hydrogens (tertiary/aromatic N) is 3. The van der Waals surface area contributed by atoms with E-state index in [4.69, 9.17) is 13.6 Å². The van der Waals surface area contributed by atoms with Crippen LogP contribution in [0.2, 0.25) is 0 Å². The highest BCUT2D eigenvalue weighted by Crippen LogP contribution is 2.44. The Morgan fingerprint density at radius 3 is 2.76 bits per heavy atom. The van der Waals surface area contributed by atoms with Gasteiger partial charge in [-0.1, -0.05) is 0 Å². The number of hydrazone groups is 2. The van der Waals surface area contributed by atoms with Gasteiger partial charge in [-0.05, 0) is 55.2 Å². The number of amides is 2. The fraction of sp³-hybridized carbons (Fsp3) is 0.348. The Morgan fingerprint density at radius 2 is 2.03 bits per heavy atom. The third-order valence-electron chi connectivity index (χ3n) is 5.92. The molecule has 0 radical (unpaired) electrons. The van der Waals surface area contributed by atoms with E-state index in [9.17, 15) is 14.4 Å². The largest absolute Gasteiger partial charge is 0.467 e. The lowest BCUT2D eigenvalue weighted by Crippen LogP contribution is -2.36. The van der Waals surface area contributed by atoms with Crippen LogP contribution < -0.4 is 5.43 Å². The van der Waals surface area contributed by atoms with Crippen LogP contribution in [0.5, 0.6) is 0 Å². The smallest absolute Gasteiger partial charge is 0.355 e. The van der Waals surface area contributed by atoms with Crippen LogP contribution in [0.15, 0.2) is 61.4 Å². The van der Waals surface area contributed by atoms with E-state index in [1.807, 2.05) is 24.3 Å². The number of carbonyl (C=O) groups excluding carboxylic acids is 3. The second-order valence-electron chi connectivity index (χ2n) is 8.04. The van der Waals surface area contributed by atoms with Crippen molar-refractivity contribution in [2.24, 2.45) is 16.1 Å². The van der Waals surface area contributed by atoms with Crippen LogP contribution in [-0.4, -0.2) is 40.8 Å². The third kappa shape index (κ3) is 4.23. The first-order valence-corrected chi connectivity index (χ1v) is 10.8. The van der Waals surface area contributed by atoms with Crippen LogP contribution in [0.4, 0.5) is 0 Å². The Balaban J connectivity index is 1.37. The summed E-state index contributed by atoms with van der Waals surface area (Å²) in [5.41, 5.74) is 4.15. The molecule has 2 amide bonds. The van der Waals surface area contributed by atoms with Gasteiger partial charge in [-0.3, -0.25) is 9.59 Å². The Bertz CT molecular complexity index is 1150. The lowest BCUT2D eigenvalue weighted by Gasteiger charge is -2.27. The standard InChI is InChI=1S/C23H22N4O6/c28-19-9-8-17(24-25-19)23(30)33-13-20(29)27-22(18-7-3-11-32-18)16-6-1-4-14(21(16)26-27)12-15-5-2-10-31-15/h2-3,5,7,10-12,16,22H,1,4,6,8-9,13H2,(H,25,28)/b14-12+. The third-order valence-corrected chi connectivity index (χ3v) is 5.92. The molecule has 1 saturated carbocycles. The first-order chi connectivity index (χ1) is 16.1. The number of rotatable bonds is 5. The number of ether oxygens (including phenoxy) is 1. The number of hydrogen-bond acceptors (Lipinski definition) is 8. The summed E-state index contributed by atoms with van der Waals surface area (Å²) in [6, 6.07) is 6.86. The average molecular weight is 450 g/mol. The van der Waals surface area contributed by atoms with E-state index in [2.05, 4.69) is 15.6 Å². The van der Waals surface area contributed by atoms with Crippen LogP contribution in [0.3, 0.4) is 0 Å². The summed E-state index contributed by atoms with van der Waals surface area (Å²) in [4.78, 5) is 36.6. The van der Waals surface area contributed by atoms with Gasteiger partial charge < -0.3 is 13.6 Å². The van der Waals surface area contributed by atoms with E-state index in [-0.39, 0.29) is 30.4 Å².